The van der Waals surface area contributed by atoms with Gasteiger partial charge in [-0.3, -0.25) is 4.79 Å². The molecule has 1 aliphatic carbocycles. The second-order valence-corrected chi connectivity index (χ2v) is 5.70. The molecule has 1 aromatic rings. The molecule has 1 fully saturated rings. The van der Waals surface area contributed by atoms with Crippen LogP contribution in [0.25, 0.3) is 0 Å². The van der Waals surface area contributed by atoms with Gasteiger partial charge >= 0.3 is 5.97 Å². The van der Waals surface area contributed by atoms with Crippen LogP contribution in [0.15, 0.2) is 24.3 Å². The lowest BCUT2D eigenvalue weighted by Crippen LogP contribution is -2.42. The Bertz CT molecular complexity index is 592. The molecule has 0 bridgehead atoms. The number of nitrogens with zero attached hydrogens (tertiary/aromatic N) is 1. The number of rotatable bonds is 4. The molecule has 0 spiro atoms. The highest BCUT2D eigenvalue weighted by molar-refractivity contribution is 5.91. The number of esters is 1. The molecule has 0 radical (unpaired) electrons. The third kappa shape index (κ3) is 4.32. The van der Waals surface area contributed by atoms with Gasteiger partial charge in [-0.2, -0.15) is 5.26 Å². The quantitative estimate of drug-likeness (QED) is 0.866. The molecular weight excluding hydrogens is 280 g/mol. The van der Waals surface area contributed by atoms with Gasteiger partial charge in [0.25, 0.3) is 5.91 Å². The first-order valence-electron chi connectivity index (χ1n) is 7.57. The molecular formula is C17H20N2O3. The number of hydrogen-bond acceptors (Lipinski definition) is 4. The van der Waals surface area contributed by atoms with Crippen molar-refractivity contribution < 1.29 is 14.3 Å². The Morgan fingerprint density at radius 2 is 2.14 bits per heavy atom. The van der Waals surface area contributed by atoms with Crippen molar-refractivity contribution in [1.29, 1.82) is 5.26 Å². The second kappa shape index (κ2) is 7.60. The van der Waals surface area contributed by atoms with Crippen molar-refractivity contribution >= 4 is 11.9 Å². The molecule has 2 rings (SSSR count). The highest BCUT2D eigenvalue weighted by Gasteiger charge is 2.23. The van der Waals surface area contributed by atoms with E-state index in [1.165, 1.54) is 12.5 Å². The lowest BCUT2D eigenvalue weighted by Gasteiger charge is -2.29. The predicted octanol–water partition coefficient (Wildman–Crippen LogP) is 2.41. The topological polar surface area (TPSA) is 79.2 Å². The van der Waals surface area contributed by atoms with Crippen LogP contribution < -0.4 is 5.32 Å². The highest BCUT2D eigenvalue weighted by atomic mass is 16.5. The zero-order valence-electron chi connectivity index (χ0n) is 12.7. The number of carbonyl (C=O) groups excluding carboxylic acids is 2. The van der Waals surface area contributed by atoms with Crippen LogP contribution >= 0.6 is 0 Å². The number of ether oxygens (including phenoxy) is 1. The third-order valence-electron chi connectivity index (χ3n) is 4.02. The Labute approximate surface area is 130 Å². The Balaban J connectivity index is 1.82. The molecule has 116 valence electrons. The highest BCUT2D eigenvalue weighted by Crippen LogP contribution is 2.23. The second-order valence-electron chi connectivity index (χ2n) is 5.70. The molecule has 2 atom stereocenters. The lowest BCUT2D eigenvalue weighted by atomic mass is 9.86. The molecule has 5 nitrogen and oxygen atoms in total. The fourth-order valence-electron chi connectivity index (χ4n) is 2.71. The number of benzene rings is 1. The molecule has 0 aliphatic heterocycles. The number of nitrogens with one attached hydrogen (secondary N) is 1. The summed E-state index contributed by atoms with van der Waals surface area (Å²) in [5.41, 5.74) is 0.660. The first-order valence-corrected chi connectivity index (χ1v) is 7.57. The van der Waals surface area contributed by atoms with Crippen LogP contribution in [-0.2, 0) is 9.53 Å². The van der Waals surface area contributed by atoms with Gasteiger partial charge in [-0.05, 0) is 37.0 Å². The number of hydrogen-bond donors (Lipinski definition) is 1. The fraction of sp³-hybridized carbons (Fsp3) is 0.471. The fourth-order valence-corrected chi connectivity index (χ4v) is 2.71. The van der Waals surface area contributed by atoms with Crippen LogP contribution in [0.5, 0.6) is 0 Å². The standard InChI is InChI=1S/C17H20N2O3/c1-12-5-2-3-8-15(12)19-16(20)11-22-17(21)14-7-4-6-13(9-14)10-18/h4,6-7,9,12,15H,2-3,5,8,11H2,1H3,(H,19,20)/t12-,15+/m0/s1. The first-order chi connectivity index (χ1) is 10.6. The van der Waals surface area contributed by atoms with E-state index in [-0.39, 0.29) is 24.1 Å². The normalized spacial score (nSPS) is 20.7. The molecule has 1 aromatic carbocycles. The van der Waals surface area contributed by atoms with Crippen molar-refractivity contribution in [2.75, 3.05) is 6.61 Å². The predicted molar refractivity (Wildman–Crippen MR) is 81.0 cm³/mol. The van der Waals surface area contributed by atoms with Gasteiger partial charge in [-0.15, -0.1) is 0 Å². The minimum absolute atomic E-state index is 0.168. The molecule has 22 heavy (non-hydrogen) atoms. The molecule has 0 aromatic heterocycles. The minimum Gasteiger partial charge on any atom is -0.452 e. The first kappa shape index (κ1) is 16.0. The van der Waals surface area contributed by atoms with Gasteiger partial charge < -0.3 is 10.1 Å². The molecule has 1 amide bonds. The summed E-state index contributed by atoms with van der Waals surface area (Å²) >= 11 is 0. The van der Waals surface area contributed by atoms with Crippen LogP contribution in [0.4, 0.5) is 0 Å². The summed E-state index contributed by atoms with van der Waals surface area (Å²) in [6.45, 7) is 1.84. The molecule has 0 saturated heterocycles. The SMILES string of the molecule is C[C@H]1CCCC[C@H]1NC(=O)COC(=O)c1cccc(C#N)c1. The molecule has 0 unspecified atom stereocenters. The van der Waals surface area contributed by atoms with Crippen molar-refractivity contribution in [3.05, 3.63) is 35.4 Å². The van der Waals surface area contributed by atoms with Gasteiger partial charge in [0, 0.05) is 6.04 Å². The van der Waals surface area contributed by atoms with E-state index in [4.69, 9.17) is 10.00 Å². The van der Waals surface area contributed by atoms with E-state index in [0.29, 0.717) is 11.5 Å². The van der Waals surface area contributed by atoms with Gasteiger partial charge in [-0.25, -0.2) is 4.79 Å². The van der Waals surface area contributed by atoms with Crippen LogP contribution in [0, 0.1) is 17.2 Å². The van der Waals surface area contributed by atoms with Crippen molar-refractivity contribution in [1.82, 2.24) is 5.32 Å². The maximum absolute atomic E-state index is 11.9. The Morgan fingerprint density at radius 3 is 2.86 bits per heavy atom. The van der Waals surface area contributed by atoms with Crippen molar-refractivity contribution in [3.8, 4) is 6.07 Å². The van der Waals surface area contributed by atoms with E-state index < -0.39 is 5.97 Å². The van der Waals surface area contributed by atoms with Crippen LogP contribution in [0.3, 0.4) is 0 Å². The maximum Gasteiger partial charge on any atom is 0.338 e. The monoisotopic (exact) mass is 300 g/mol. The summed E-state index contributed by atoms with van der Waals surface area (Å²) in [6.07, 6.45) is 4.42. The smallest absolute Gasteiger partial charge is 0.338 e. The minimum atomic E-state index is -0.594. The van der Waals surface area contributed by atoms with E-state index in [1.54, 1.807) is 18.2 Å². The summed E-state index contributed by atoms with van der Waals surface area (Å²) < 4.78 is 5.01. The average Bonchev–Trinajstić information content (AvgIpc) is 2.55. The maximum atomic E-state index is 11.9. The summed E-state index contributed by atoms with van der Waals surface area (Å²) in [7, 11) is 0. The molecule has 1 saturated carbocycles. The van der Waals surface area contributed by atoms with Gasteiger partial charge in [0.15, 0.2) is 6.61 Å². The Kier molecular flexibility index (Phi) is 5.54. The molecule has 5 heteroatoms. The average molecular weight is 300 g/mol. The van der Waals surface area contributed by atoms with E-state index >= 15 is 0 Å². The van der Waals surface area contributed by atoms with E-state index in [1.807, 2.05) is 6.07 Å². The molecule has 0 heterocycles. The van der Waals surface area contributed by atoms with Crippen LogP contribution in [0.2, 0.25) is 0 Å². The number of nitriles is 1. The Morgan fingerprint density at radius 1 is 1.36 bits per heavy atom. The molecule has 1 N–H and O–H groups in total. The van der Waals surface area contributed by atoms with Gasteiger partial charge in [0.2, 0.25) is 0 Å². The van der Waals surface area contributed by atoms with Gasteiger partial charge in [-0.1, -0.05) is 25.8 Å². The zero-order chi connectivity index (χ0) is 15.9. The zero-order valence-corrected chi connectivity index (χ0v) is 12.7. The number of carbonyl (C=O) groups is 2. The number of amides is 1. The van der Waals surface area contributed by atoms with Crippen molar-refractivity contribution in [2.45, 2.75) is 38.6 Å². The van der Waals surface area contributed by atoms with Crippen molar-refractivity contribution in [3.63, 3.8) is 0 Å². The van der Waals surface area contributed by atoms with E-state index in [9.17, 15) is 9.59 Å². The van der Waals surface area contributed by atoms with Gasteiger partial charge in [0.1, 0.15) is 0 Å². The van der Waals surface area contributed by atoms with E-state index in [0.717, 1.165) is 19.3 Å². The third-order valence-corrected chi connectivity index (χ3v) is 4.02. The summed E-state index contributed by atoms with van der Waals surface area (Å²) in [4.78, 5) is 23.7. The van der Waals surface area contributed by atoms with Gasteiger partial charge in [0.05, 0.1) is 17.2 Å². The van der Waals surface area contributed by atoms with Crippen LogP contribution in [-0.4, -0.2) is 24.5 Å². The largest absolute Gasteiger partial charge is 0.452 e. The summed E-state index contributed by atoms with van der Waals surface area (Å²) in [5.74, 6) is -0.409. The Hall–Kier alpha value is -2.35. The molecule has 1 aliphatic rings. The summed E-state index contributed by atoms with van der Waals surface area (Å²) in [6, 6.07) is 8.35. The van der Waals surface area contributed by atoms with Crippen molar-refractivity contribution in [2.24, 2.45) is 5.92 Å². The summed E-state index contributed by atoms with van der Waals surface area (Å²) in [5, 5.41) is 11.7. The van der Waals surface area contributed by atoms with E-state index in [2.05, 4.69) is 12.2 Å². The lowest BCUT2D eigenvalue weighted by molar-refractivity contribution is -0.125. The van der Waals surface area contributed by atoms with Crippen LogP contribution in [0.1, 0.15) is 48.5 Å².